The third kappa shape index (κ3) is 5.09. The second-order valence-corrected chi connectivity index (χ2v) is 9.79. The number of hydrogen-bond acceptors (Lipinski definition) is 3. The second-order valence-electron chi connectivity index (χ2n) is 7.04. The lowest BCUT2D eigenvalue weighted by atomic mass is 9.99. The summed E-state index contributed by atoms with van der Waals surface area (Å²) in [7, 11) is -3.80. The van der Waals surface area contributed by atoms with Gasteiger partial charge in [0, 0.05) is 37.1 Å². The van der Waals surface area contributed by atoms with Crippen molar-refractivity contribution >= 4 is 39.1 Å². The quantitative estimate of drug-likeness (QED) is 0.683. The van der Waals surface area contributed by atoms with E-state index < -0.39 is 10.0 Å². The largest absolute Gasteiger partial charge is 0.340 e. The Morgan fingerprint density at radius 1 is 1.10 bits per heavy atom. The fourth-order valence-electron chi connectivity index (χ4n) is 3.38. The fraction of sp³-hybridized carbons (Fsp3) is 0.350. The topological polar surface area (TPSA) is 57.7 Å². The third-order valence-electron chi connectivity index (χ3n) is 4.91. The van der Waals surface area contributed by atoms with Crippen LogP contribution < -0.4 is 0 Å². The van der Waals surface area contributed by atoms with Gasteiger partial charge in [0.05, 0.1) is 5.02 Å². The Hall–Kier alpha value is -1.67. The number of sulfonamides is 1. The van der Waals surface area contributed by atoms with Crippen LogP contribution in [0.15, 0.2) is 47.4 Å². The molecule has 3 rings (SSSR count). The molecule has 1 unspecified atom stereocenters. The Kier molecular flexibility index (Phi) is 6.83. The summed E-state index contributed by atoms with van der Waals surface area (Å²) in [5, 5.41) is 0.393. The summed E-state index contributed by atoms with van der Waals surface area (Å²) in [6.45, 7) is 2.70. The third-order valence-corrected chi connectivity index (χ3v) is 7.53. The van der Waals surface area contributed by atoms with Gasteiger partial charge >= 0.3 is 0 Å². The second kappa shape index (κ2) is 9.00. The summed E-state index contributed by atoms with van der Waals surface area (Å²) in [5.41, 5.74) is 0.752. The molecule has 0 aromatic heterocycles. The van der Waals surface area contributed by atoms with E-state index >= 15 is 0 Å². The molecular weight excluding hydrogens is 438 g/mol. The van der Waals surface area contributed by atoms with Crippen LogP contribution in [0.1, 0.15) is 12.5 Å². The van der Waals surface area contributed by atoms with E-state index in [9.17, 15) is 17.6 Å². The van der Waals surface area contributed by atoms with Gasteiger partial charge in [0.15, 0.2) is 0 Å². The minimum absolute atomic E-state index is 0.0362. The summed E-state index contributed by atoms with van der Waals surface area (Å²) in [6, 6.07) is 10.5. The molecule has 0 bridgehead atoms. The highest BCUT2D eigenvalue weighted by molar-refractivity contribution is 7.89. The van der Waals surface area contributed by atoms with Crippen molar-refractivity contribution < 1.29 is 17.6 Å². The van der Waals surface area contributed by atoms with Crippen molar-refractivity contribution in [3.8, 4) is 0 Å². The van der Waals surface area contributed by atoms with Crippen molar-refractivity contribution in [2.24, 2.45) is 5.92 Å². The van der Waals surface area contributed by atoms with Crippen molar-refractivity contribution in [3.63, 3.8) is 0 Å². The lowest BCUT2D eigenvalue weighted by Crippen LogP contribution is -2.51. The maximum absolute atomic E-state index is 13.3. The highest BCUT2D eigenvalue weighted by Gasteiger charge is 2.32. The van der Waals surface area contributed by atoms with Crippen LogP contribution in [0.3, 0.4) is 0 Å². The zero-order chi connectivity index (χ0) is 21.2. The Labute approximate surface area is 180 Å². The normalized spacial score (nSPS) is 16.6. The molecule has 0 aliphatic carbocycles. The molecule has 29 heavy (non-hydrogen) atoms. The van der Waals surface area contributed by atoms with E-state index in [4.69, 9.17) is 23.2 Å². The van der Waals surface area contributed by atoms with Crippen LogP contribution >= 0.6 is 23.2 Å². The number of halogens is 3. The number of piperazine rings is 1. The Balaban J connectivity index is 1.63. The highest BCUT2D eigenvalue weighted by atomic mass is 35.5. The average molecular weight is 459 g/mol. The number of amides is 1. The van der Waals surface area contributed by atoms with Crippen LogP contribution in [0.25, 0.3) is 0 Å². The molecule has 0 spiro atoms. The van der Waals surface area contributed by atoms with E-state index in [0.717, 1.165) is 5.56 Å². The van der Waals surface area contributed by atoms with Gasteiger partial charge in [-0.2, -0.15) is 4.31 Å². The molecule has 1 heterocycles. The SMILES string of the molecule is CC(Cc1cccc(F)c1)C(=O)N1CCN(S(=O)(=O)c2cc(Cl)ccc2Cl)CC1. The number of nitrogens with zero attached hydrogens (tertiary/aromatic N) is 2. The lowest BCUT2D eigenvalue weighted by Gasteiger charge is -2.35. The molecule has 1 aliphatic heterocycles. The number of carbonyl (C=O) groups excluding carboxylic acids is 1. The summed E-state index contributed by atoms with van der Waals surface area (Å²) >= 11 is 12.0. The molecular formula is C20H21Cl2FN2O3S. The van der Waals surface area contributed by atoms with Crippen LogP contribution in [0.4, 0.5) is 4.39 Å². The zero-order valence-electron chi connectivity index (χ0n) is 15.8. The molecule has 156 valence electrons. The van der Waals surface area contributed by atoms with Gasteiger partial charge in [0.1, 0.15) is 10.7 Å². The molecule has 1 atom stereocenters. The molecule has 0 saturated carbocycles. The number of rotatable bonds is 5. The standard InChI is InChI=1S/C20H21Cl2FN2O3S/c1-14(11-15-3-2-4-17(23)12-15)20(26)24-7-9-25(10-8-24)29(27,28)19-13-16(21)5-6-18(19)22/h2-6,12-14H,7-11H2,1H3. The van der Waals surface area contributed by atoms with Crippen molar-refractivity contribution in [3.05, 3.63) is 63.9 Å². The van der Waals surface area contributed by atoms with Gasteiger partial charge in [-0.15, -0.1) is 0 Å². The van der Waals surface area contributed by atoms with E-state index in [0.29, 0.717) is 6.42 Å². The maximum atomic E-state index is 13.3. The molecule has 1 amide bonds. The van der Waals surface area contributed by atoms with Gasteiger partial charge in [-0.3, -0.25) is 4.79 Å². The molecule has 2 aromatic carbocycles. The van der Waals surface area contributed by atoms with Gasteiger partial charge in [-0.1, -0.05) is 42.3 Å². The van der Waals surface area contributed by atoms with Gasteiger partial charge in [-0.25, -0.2) is 12.8 Å². The fourth-order valence-corrected chi connectivity index (χ4v) is 5.54. The summed E-state index contributed by atoms with van der Waals surface area (Å²) in [6.07, 6.45) is 0.424. The highest BCUT2D eigenvalue weighted by Crippen LogP contribution is 2.28. The van der Waals surface area contributed by atoms with Crippen molar-refractivity contribution in [1.29, 1.82) is 0 Å². The van der Waals surface area contributed by atoms with Crippen molar-refractivity contribution in [2.75, 3.05) is 26.2 Å². The first-order valence-corrected chi connectivity index (χ1v) is 11.4. The minimum atomic E-state index is -3.80. The molecule has 1 aliphatic rings. The molecule has 5 nitrogen and oxygen atoms in total. The van der Waals surface area contributed by atoms with Crippen LogP contribution in [-0.4, -0.2) is 49.7 Å². The monoisotopic (exact) mass is 458 g/mol. The van der Waals surface area contributed by atoms with Gasteiger partial charge in [0.2, 0.25) is 15.9 Å². The summed E-state index contributed by atoms with van der Waals surface area (Å²) in [4.78, 5) is 14.4. The Bertz CT molecular complexity index is 1010. The van der Waals surface area contributed by atoms with Gasteiger partial charge in [-0.05, 0) is 42.3 Å². The molecule has 2 aromatic rings. The van der Waals surface area contributed by atoms with Crippen LogP contribution in [0, 0.1) is 11.7 Å². The Morgan fingerprint density at radius 3 is 2.45 bits per heavy atom. The molecule has 0 N–H and O–H groups in total. The lowest BCUT2D eigenvalue weighted by molar-refractivity contribution is -0.136. The van der Waals surface area contributed by atoms with E-state index in [1.807, 2.05) is 0 Å². The number of benzene rings is 2. The molecule has 0 radical (unpaired) electrons. The van der Waals surface area contributed by atoms with E-state index in [1.165, 1.54) is 34.6 Å². The minimum Gasteiger partial charge on any atom is -0.340 e. The summed E-state index contributed by atoms with van der Waals surface area (Å²) < 4.78 is 40.4. The van der Waals surface area contributed by atoms with Crippen molar-refractivity contribution in [1.82, 2.24) is 9.21 Å². The number of carbonyl (C=O) groups is 1. The molecule has 1 saturated heterocycles. The van der Waals surface area contributed by atoms with E-state index in [-0.39, 0.29) is 58.8 Å². The first-order chi connectivity index (χ1) is 13.7. The zero-order valence-corrected chi connectivity index (χ0v) is 18.1. The van der Waals surface area contributed by atoms with Crippen LogP contribution in [0.2, 0.25) is 10.0 Å². The van der Waals surface area contributed by atoms with E-state index in [2.05, 4.69) is 0 Å². The first kappa shape index (κ1) is 22.0. The summed E-state index contributed by atoms with van der Waals surface area (Å²) in [5.74, 6) is -0.741. The van der Waals surface area contributed by atoms with Crippen LogP contribution in [0.5, 0.6) is 0 Å². The van der Waals surface area contributed by atoms with Gasteiger partial charge in [0.25, 0.3) is 0 Å². The molecule has 9 heteroatoms. The number of hydrogen-bond donors (Lipinski definition) is 0. The average Bonchev–Trinajstić information content (AvgIpc) is 2.69. The van der Waals surface area contributed by atoms with Crippen LogP contribution in [-0.2, 0) is 21.2 Å². The first-order valence-electron chi connectivity index (χ1n) is 9.17. The predicted molar refractivity (Wildman–Crippen MR) is 111 cm³/mol. The Morgan fingerprint density at radius 2 is 1.79 bits per heavy atom. The maximum Gasteiger partial charge on any atom is 0.244 e. The molecule has 1 fully saturated rings. The van der Waals surface area contributed by atoms with E-state index in [1.54, 1.807) is 24.0 Å². The smallest absolute Gasteiger partial charge is 0.244 e. The van der Waals surface area contributed by atoms with Crippen molar-refractivity contribution in [2.45, 2.75) is 18.2 Å². The van der Waals surface area contributed by atoms with Gasteiger partial charge < -0.3 is 4.90 Å². The predicted octanol–water partition coefficient (Wildman–Crippen LogP) is 3.84.